The molecule has 106 valence electrons. The molecule has 2 aromatic rings. The first-order chi connectivity index (χ1) is 10.8. The maximum absolute atomic E-state index is 12.5. The van der Waals surface area contributed by atoms with E-state index in [0.29, 0.717) is 11.1 Å². The van der Waals surface area contributed by atoms with Crippen LogP contribution < -0.4 is 5.63 Å². The molecule has 1 aromatic heterocycles. The second-order valence-corrected chi connectivity index (χ2v) is 5.42. The summed E-state index contributed by atoms with van der Waals surface area (Å²) in [4.78, 5) is 12.5. The summed E-state index contributed by atoms with van der Waals surface area (Å²) >= 11 is 0. The van der Waals surface area contributed by atoms with Crippen LogP contribution in [0.4, 0.5) is 0 Å². The van der Waals surface area contributed by atoms with E-state index in [1.54, 1.807) is 0 Å². The molecule has 2 heteroatoms. The lowest BCUT2D eigenvalue weighted by Gasteiger charge is -2.05. The summed E-state index contributed by atoms with van der Waals surface area (Å²) in [6.45, 7) is 2.01. The first-order valence-corrected chi connectivity index (χ1v) is 7.26. The topological polar surface area (TPSA) is 30.2 Å². The Bertz CT molecular complexity index is 997. The standard InChI is InChI=1S/C20H14O2/c1-13-17-12-15-10-6-3-7-11-16(15)18(17)20(21)22-19(13)14-8-4-2-5-9-14/h2-12H,1H3. The Balaban J connectivity index is 2.13. The summed E-state index contributed by atoms with van der Waals surface area (Å²) < 4.78 is 5.65. The van der Waals surface area contributed by atoms with Crippen molar-refractivity contribution in [3.05, 3.63) is 82.7 Å². The first-order valence-electron chi connectivity index (χ1n) is 7.26. The van der Waals surface area contributed by atoms with Crippen LogP contribution in [0.5, 0.6) is 0 Å². The van der Waals surface area contributed by atoms with Crippen LogP contribution in [0.15, 0.2) is 75.9 Å². The van der Waals surface area contributed by atoms with Crippen molar-refractivity contribution in [2.45, 2.75) is 6.92 Å². The molecule has 1 aromatic carbocycles. The van der Waals surface area contributed by atoms with Crippen molar-refractivity contribution in [3.63, 3.8) is 0 Å². The molecule has 22 heavy (non-hydrogen) atoms. The molecular formula is C20H14O2. The number of benzene rings is 1. The van der Waals surface area contributed by atoms with Gasteiger partial charge in [0, 0.05) is 11.1 Å². The van der Waals surface area contributed by atoms with E-state index in [9.17, 15) is 4.79 Å². The fraction of sp³-hybridized carbons (Fsp3) is 0.0500. The van der Waals surface area contributed by atoms with Crippen LogP contribution in [0.1, 0.15) is 5.56 Å². The van der Waals surface area contributed by atoms with E-state index < -0.39 is 0 Å². The Labute approximate surface area is 128 Å². The first kappa shape index (κ1) is 12.8. The van der Waals surface area contributed by atoms with Gasteiger partial charge >= 0.3 is 5.63 Å². The molecule has 2 aliphatic carbocycles. The van der Waals surface area contributed by atoms with Crippen LogP contribution in [0.25, 0.3) is 33.2 Å². The monoisotopic (exact) mass is 286 g/mol. The number of fused-ring (bicyclic) bond motifs is 3. The molecule has 0 N–H and O–H groups in total. The van der Waals surface area contributed by atoms with Crippen LogP contribution >= 0.6 is 0 Å². The Kier molecular flexibility index (Phi) is 2.83. The third-order valence-electron chi connectivity index (χ3n) is 4.09. The predicted molar refractivity (Wildman–Crippen MR) is 89.3 cm³/mol. The van der Waals surface area contributed by atoms with E-state index in [0.717, 1.165) is 27.6 Å². The predicted octanol–water partition coefficient (Wildman–Crippen LogP) is 4.87. The largest absolute Gasteiger partial charge is 0.422 e. The van der Waals surface area contributed by atoms with Crippen LogP contribution in [-0.4, -0.2) is 0 Å². The van der Waals surface area contributed by atoms with Gasteiger partial charge in [-0.1, -0.05) is 60.7 Å². The zero-order chi connectivity index (χ0) is 15.1. The molecule has 0 radical (unpaired) electrons. The Hall–Kier alpha value is -2.87. The maximum atomic E-state index is 12.5. The Morgan fingerprint density at radius 2 is 1.45 bits per heavy atom. The van der Waals surface area contributed by atoms with E-state index in [4.69, 9.17) is 4.42 Å². The van der Waals surface area contributed by atoms with Crippen molar-refractivity contribution >= 4 is 10.8 Å². The van der Waals surface area contributed by atoms with Gasteiger partial charge in [-0.2, -0.15) is 0 Å². The molecule has 2 aliphatic rings. The van der Waals surface area contributed by atoms with Gasteiger partial charge < -0.3 is 4.42 Å². The molecule has 0 amide bonds. The molecule has 0 saturated carbocycles. The summed E-state index contributed by atoms with van der Waals surface area (Å²) in [7, 11) is 0. The molecule has 0 saturated heterocycles. The third-order valence-corrected chi connectivity index (χ3v) is 4.09. The van der Waals surface area contributed by atoms with Crippen molar-refractivity contribution in [1.29, 1.82) is 0 Å². The van der Waals surface area contributed by atoms with Crippen LogP contribution in [0.2, 0.25) is 0 Å². The van der Waals surface area contributed by atoms with Crippen LogP contribution in [-0.2, 0) is 0 Å². The molecule has 0 bridgehead atoms. The summed E-state index contributed by atoms with van der Waals surface area (Å²) in [6, 6.07) is 21.7. The van der Waals surface area contributed by atoms with Gasteiger partial charge in [-0.05, 0) is 29.5 Å². The quantitative estimate of drug-likeness (QED) is 0.499. The molecule has 0 fully saturated rings. The number of hydrogen-bond acceptors (Lipinski definition) is 2. The third kappa shape index (κ3) is 1.85. The molecule has 2 nitrogen and oxygen atoms in total. The highest BCUT2D eigenvalue weighted by atomic mass is 16.4. The average Bonchev–Trinajstić information content (AvgIpc) is 2.76. The average molecular weight is 286 g/mol. The summed E-state index contributed by atoms with van der Waals surface area (Å²) in [5.41, 5.74) is 3.65. The van der Waals surface area contributed by atoms with Crippen LogP contribution in [0, 0.1) is 6.92 Å². The Morgan fingerprint density at radius 3 is 2.18 bits per heavy atom. The van der Waals surface area contributed by atoms with Gasteiger partial charge in [-0.15, -0.1) is 0 Å². The van der Waals surface area contributed by atoms with Crippen molar-refractivity contribution in [2.75, 3.05) is 0 Å². The molecule has 0 unspecified atom stereocenters. The van der Waals surface area contributed by atoms with Crippen LogP contribution in [0.3, 0.4) is 0 Å². The van der Waals surface area contributed by atoms with Crippen molar-refractivity contribution in [2.24, 2.45) is 0 Å². The van der Waals surface area contributed by atoms with Gasteiger partial charge in [0.1, 0.15) is 5.76 Å². The lowest BCUT2D eigenvalue weighted by molar-refractivity contribution is 0.532. The fourth-order valence-electron chi connectivity index (χ4n) is 3.01. The van der Waals surface area contributed by atoms with Gasteiger partial charge in [-0.3, -0.25) is 0 Å². The smallest absolute Gasteiger partial charge is 0.344 e. The normalized spacial score (nSPS) is 11.1. The van der Waals surface area contributed by atoms with E-state index in [1.807, 2.05) is 67.6 Å². The molecule has 1 heterocycles. The lowest BCUT2D eigenvalue weighted by Crippen LogP contribution is -2.01. The number of aryl methyl sites for hydroxylation is 1. The minimum atomic E-state index is -0.277. The maximum Gasteiger partial charge on any atom is 0.344 e. The molecule has 0 atom stereocenters. The van der Waals surface area contributed by atoms with Gasteiger partial charge in [0.15, 0.2) is 0 Å². The highest BCUT2D eigenvalue weighted by molar-refractivity contribution is 6.04. The zero-order valence-electron chi connectivity index (χ0n) is 12.2. The Morgan fingerprint density at radius 1 is 0.818 bits per heavy atom. The number of rotatable bonds is 1. The van der Waals surface area contributed by atoms with Gasteiger partial charge in [-0.25, -0.2) is 4.79 Å². The minimum absolute atomic E-state index is 0.277. The highest BCUT2D eigenvalue weighted by Crippen LogP contribution is 2.36. The van der Waals surface area contributed by atoms with Gasteiger partial charge in [0.05, 0.1) is 5.39 Å². The fourth-order valence-corrected chi connectivity index (χ4v) is 3.01. The SMILES string of the molecule is Cc1c(-c2ccccc2)oc(=O)c2c3cccccc-3cc12. The number of hydrogen-bond donors (Lipinski definition) is 0. The van der Waals surface area contributed by atoms with Crippen molar-refractivity contribution in [3.8, 4) is 22.5 Å². The van der Waals surface area contributed by atoms with Crippen molar-refractivity contribution < 1.29 is 4.42 Å². The summed E-state index contributed by atoms with van der Waals surface area (Å²) in [6.07, 6.45) is 0. The second-order valence-electron chi connectivity index (χ2n) is 5.42. The van der Waals surface area contributed by atoms with E-state index in [2.05, 4.69) is 6.07 Å². The van der Waals surface area contributed by atoms with E-state index in [-0.39, 0.29) is 5.63 Å². The second kappa shape index (κ2) is 4.85. The molecular weight excluding hydrogens is 272 g/mol. The minimum Gasteiger partial charge on any atom is -0.422 e. The van der Waals surface area contributed by atoms with Gasteiger partial charge in [0.2, 0.25) is 0 Å². The lowest BCUT2D eigenvalue weighted by atomic mass is 10.0. The molecule has 0 aliphatic heterocycles. The van der Waals surface area contributed by atoms with E-state index in [1.165, 1.54) is 0 Å². The van der Waals surface area contributed by atoms with Crippen molar-refractivity contribution in [1.82, 2.24) is 0 Å². The zero-order valence-corrected chi connectivity index (χ0v) is 12.2. The highest BCUT2D eigenvalue weighted by Gasteiger charge is 2.18. The summed E-state index contributed by atoms with van der Waals surface area (Å²) in [5.74, 6) is 0.651. The van der Waals surface area contributed by atoms with E-state index >= 15 is 0 Å². The molecule has 0 spiro atoms. The van der Waals surface area contributed by atoms with Gasteiger partial charge in [0.25, 0.3) is 0 Å². The molecule has 4 rings (SSSR count). The summed E-state index contributed by atoms with van der Waals surface area (Å²) in [5, 5.41) is 1.64.